The Hall–Kier alpha value is -0.830. The van der Waals surface area contributed by atoms with E-state index < -0.39 is 10.7 Å². The molecule has 0 atom stereocenters. The Labute approximate surface area is 113 Å². The molecule has 1 aromatic carbocycles. The summed E-state index contributed by atoms with van der Waals surface area (Å²) in [5.74, 6) is -0.425. The number of Topliss-reactive ketones (excluding diaryl/α,β-unsaturated/α-hetero) is 1. The normalized spacial score (nSPS) is 9.88. The predicted octanol–water partition coefficient (Wildman–Crippen LogP) is 2.59. The number of nitrogens with zero attached hydrogens (tertiary/aromatic N) is 1. The maximum Gasteiger partial charge on any atom is 0.281 e. The SMILES string of the molecule is O=Cc1cc(C(=O)CBr)c([N+](=O)[O-])cc1I. The largest absolute Gasteiger partial charge is 0.298 e. The quantitative estimate of drug-likeness (QED) is 0.195. The van der Waals surface area contributed by atoms with Gasteiger partial charge in [-0.05, 0) is 28.7 Å². The zero-order chi connectivity index (χ0) is 12.3. The van der Waals surface area contributed by atoms with Gasteiger partial charge in [-0.25, -0.2) is 0 Å². The first kappa shape index (κ1) is 13.2. The molecule has 0 heterocycles. The number of carbonyl (C=O) groups excluding carboxylic acids is 2. The Bertz CT molecular complexity index is 475. The summed E-state index contributed by atoms with van der Waals surface area (Å²) < 4.78 is 0.449. The minimum absolute atomic E-state index is 0.0211. The number of carbonyl (C=O) groups is 2. The molecule has 7 heteroatoms. The summed E-state index contributed by atoms with van der Waals surface area (Å²) in [4.78, 5) is 32.2. The maximum atomic E-state index is 11.4. The molecule has 0 saturated heterocycles. The lowest BCUT2D eigenvalue weighted by Crippen LogP contribution is -2.07. The van der Waals surface area contributed by atoms with Gasteiger partial charge in [0.15, 0.2) is 12.1 Å². The highest BCUT2D eigenvalue weighted by molar-refractivity contribution is 14.1. The Kier molecular flexibility index (Phi) is 4.54. The van der Waals surface area contributed by atoms with Crippen molar-refractivity contribution >= 4 is 56.3 Å². The third-order valence-electron chi connectivity index (χ3n) is 1.86. The molecule has 0 bridgehead atoms. The standard InChI is InChI=1S/C9H5BrINO4/c10-3-9(14)6-1-5(4-13)7(11)2-8(6)12(15)16/h1-2,4H,3H2. The fourth-order valence-corrected chi connectivity index (χ4v) is 2.00. The molecular formula is C9H5BrINO4. The van der Waals surface area contributed by atoms with Gasteiger partial charge in [-0.1, -0.05) is 15.9 Å². The monoisotopic (exact) mass is 397 g/mol. The van der Waals surface area contributed by atoms with Crippen LogP contribution in [0.1, 0.15) is 20.7 Å². The van der Waals surface area contributed by atoms with Gasteiger partial charge >= 0.3 is 0 Å². The van der Waals surface area contributed by atoms with Crippen molar-refractivity contribution in [2.45, 2.75) is 0 Å². The van der Waals surface area contributed by atoms with Crippen LogP contribution >= 0.6 is 38.5 Å². The number of aldehydes is 1. The Morgan fingerprint density at radius 2 is 2.19 bits per heavy atom. The average molecular weight is 398 g/mol. The van der Waals surface area contributed by atoms with E-state index in [1.165, 1.54) is 12.1 Å². The van der Waals surface area contributed by atoms with Gasteiger partial charge in [0.25, 0.3) is 5.69 Å². The molecule has 0 aliphatic heterocycles. The molecule has 0 saturated carbocycles. The summed E-state index contributed by atoms with van der Waals surface area (Å²) in [5.41, 5.74) is -0.0562. The van der Waals surface area contributed by atoms with E-state index in [0.717, 1.165) is 0 Å². The van der Waals surface area contributed by atoms with E-state index in [1.807, 2.05) is 22.6 Å². The van der Waals surface area contributed by atoms with Gasteiger partial charge in [0.05, 0.1) is 15.8 Å². The highest BCUT2D eigenvalue weighted by Crippen LogP contribution is 2.25. The number of nitro groups is 1. The first-order valence-corrected chi connectivity index (χ1v) is 6.23. The summed E-state index contributed by atoms with van der Waals surface area (Å²) >= 11 is 4.75. The molecule has 0 aliphatic carbocycles. The number of benzene rings is 1. The molecule has 0 radical (unpaired) electrons. The highest BCUT2D eigenvalue weighted by atomic mass is 127. The molecule has 0 unspecified atom stereocenters. The lowest BCUT2D eigenvalue weighted by Gasteiger charge is -2.03. The Morgan fingerprint density at radius 1 is 1.56 bits per heavy atom. The maximum absolute atomic E-state index is 11.4. The van der Waals surface area contributed by atoms with E-state index in [-0.39, 0.29) is 22.1 Å². The van der Waals surface area contributed by atoms with Crippen LogP contribution in [0.25, 0.3) is 0 Å². The van der Waals surface area contributed by atoms with Gasteiger partial charge in [-0.3, -0.25) is 19.7 Å². The van der Waals surface area contributed by atoms with Gasteiger partial charge in [-0.2, -0.15) is 0 Å². The second kappa shape index (κ2) is 5.48. The fraction of sp³-hybridized carbons (Fsp3) is 0.111. The van der Waals surface area contributed by atoms with Crippen molar-refractivity contribution in [1.82, 2.24) is 0 Å². The first-order valence-electron chi connectivity index (χ1n) is 4.03. The molecular weight excluding hydrogens is 393 g/mol. The van der Waals surface area contributed by atoms with Crippen LogP contribution in [0.15, 0.2) is 12.1 Å². The number of hydrogen-bond donors (Lipinski definition) is 0. The zero-order valence-corrected chi connectivity index (χ0v) is 11.5. The third kappa shape index (κ3) is 2.64. The number of rotatable bonds is 4. The summed E-state index contributed by atoms with van der Waals surface area (Å²) in [6, 6.07) is 2.47. The summed E-state index contributed by atoms with van der Waals surface area (Å²) in [6.45, 7) is 0. The van der Waals surface area contributed by atoms with E-state index in [9.17, 15) is 19.7 Å². The van der Waals surface area contributed by atoms with Crippen molar-refractivity contribution in [3.05, 3.63) is 36.9 Å². The van der Waals surface area contributed by atoms with E-state index in [2.05, 4.69) is 15.9 Å². The molecule has 1 rings (SSSR count). The molecule has 16 heavy (non-hydrogen) atoms. The van der Waals surface area contributed by atoms with Crippen LogP contribution in [-0.4, -0.2) is 22.3 Å². The predicted molar refractivity (Wildman–Crippen MR) is 69.3 cm³/mol. The first-order chi connectivity index (χ1) is 7.51. The molecule has 0 aliphatic rings. The summed E-state index contributed by atoms with van der Waals surface area (Å²) in [7, 11) is 0. The van der Waals surface area contributed by atoms with Crippen LogP contribution in [0.3, 0.4) is 0 Å². The third-order valence-corrected chi connectivity index (χ3v) is 3.30. The fourth-order valence-electron chi connectivity index (χ4n) is 1.12. The van der Waals surface area contributed by atoms with Crippen molar-refractivity contribution in [2.24, 2.45) is 0 Å². The minimum atomic E-state index is -0.632. The lowest BCUT2D eigenvalue weighted by molar-refractivity contribution is -0.385. The Balaban J connectivity index is 3.48. The van der Waals surface area contributed by atoms with Crippen molar-refractivity contribution in [3.63, 3.8) is 0 Å². The van der Waals surface area contributed by atoms with E-state index in [0.29, 0.717) is 9.86 Å². The van der Waals surface area contributed by atoms with Crippen LogP contribution in [0.4, 0.5) is 5.69 Å². The van der Waals surface area contributed by atoms with Gasteiger partial charge in [0.2, 0.25) is 0 Å². The van der Waals surface area contributed by atoms with E-state index in [1.54, 1.807) is 0 Å². The number of ketones is 1. The molecule has 84 valence electrons. The van der Waals surface area contributed by atoms with Crippen LogP contribution in [0, 0.1) is 13.7 Å². The van der Waals surface area contributed by atoms with Gasteiger partial charge in [-0.15, -0.1) is 0 Å². The number of hydrogen-bond acceptors (Lipinski definition) is 4. The highest BCUT2D eigenvalue weighted by Gasteiger charge is 2.21. The van der Waals surface area contributed by atoms with Crippen molar-refractivity contribution in [3.8, 4) is 0 Å². The van der Waals surface area contributed by atoms with Gasteiger partial charge < -0.3 is 0 Å². The van der Waals surface area contributed by atoms with Crippen molar-refractivity contribution in [1.29, 1.82) is 0 Å². The topological polar surface area (TPSA) is 77.3 Å². The molecule has 0 fully saturated rings. The minimum Gasteiger partial charge on any atom is -0.298 e. The van der Waals surface area contributed by atoms with Crippen LogP contribution < -0.4 is 0 Å². The second-order valence-corrected chi connectivity index (χ2v) is 4.55. The smallest absolute Gasteiger partial charge is 0.281 e. The molecule has 5 nitrogen and oxygen atoms in total. The lowest BCUT2D eigenvalue weighted by atomic mass is 10.1. The molecule has 0 amide bonds. The summed E-state index contributed by atoms with van der Waals surface area (Å²) in [5, 5.41) is 10.7. The zero-order valence-electron chi connectivity index (χ0n) is 7.78. The van der Waals surface area contributed by atoms with Gasteiger partial charge in [0.1, 0.15) is 0 Å². The average Bonchev–Trinajstić information content (AvgIpc) is 2.27. The number of nitro benzene ring substituents is 1. The second-order valence-electron chi connectivity index (χ2n) is 2.82. The van der Waals surface area contributed by atoms with Crippen LogP contribution in [0.5, 0.6) is 0 Å². The van der Waals surface area contributed by atoms with Crippen LogP contribution in [0.2, 0.25) is 0 Å². The van der Waals surface area contributed by atoms with E-state index in [4.69, 9.17) is 0 Å². The number of alkyl halides is 1. The van der Waals surface area contributed by atoms with Crippen LogP contribution in [-0.2, 0) is 0 Å². The Morgan fingerprint density at radius 3 is 2.62 bits per heavy atom. The molecule has 0 N–H and O–H groups in total. The summed E-state index contributed by atoms with van der Waals surface area (Å²) in [6.07, 6.45) is 0.566. The molecule has 0 spiro atoms. The van der Waals surface area contributed by atoms with Gasteiger partial charge in [0, 0.05) is 15.2 Å². The van der Waals surface area contributed by atoms with Crippen molar-refractivity contribution < 1.29 is 14.5 Å². The molecule has 1 aromatic rings. The van der Waals surface area contributed by atoms with E-state index >= 15 is 0 Å². The van der Waals surface area contributed by atoms with Crippen molar-refractivity contribution in [2.75, 3.05) is 5.33 Å². The molecule has 0 aromatic heterocycles. The number of halogens is 2.